The largest absolute Gasteiger partial charge is 0.398 e. The summed E-state index contributed by atoms with van der Waals surface area (Å²) in [6.07, 6.45) is 0.655. The Morgan fingerprint density at radius 1 is 1.50 bits per heavy atom. The van der Waals surface area contributed by atoms with E-state index in [0.717, 1.165) is 4.47 Å². The summed E-state index contributed by atoms with van der Waals surface area (Å²) in [6, 6.07) is 4.71. The first-order valence-corrected chi connectivity index (χ1v) is 7.77. The highest BCUT2D eigenvalue weighted by molar-refractivity contribution is 9.10. The van der Waals surface area contributed by atoms with Crippen molar-refractivity contribution in [1.82, 2.24) is 4.72 Å². The van der Waals surface area contributed by atoms with Crippen LogP contribution in [-0.4, -0.2) is 27.2 Å². The van der Waals surface area contributed by atoms with Crippen molar-refractivity contribution in [2.45, 2.75) is 23.8 Å². The predicted molar refractivity (Wildman–Crippen MR) is 72.7 cm³/mol. The highest BCUT2D eigenvalue weighted by Crippen LogP contribution is 2.26. The van der Waals surface area contributed by atoms with E-state index in [0.29, 0.717) is 19.6 Å². The minimum atomic E-state index is -3.63. The van der Waals surface area contributed by atoms with E-state index in [9.17, 15) is 8.42 Å². The summed E-state index contributed by atoms with van der Waals surface area (Å²) >= 11 is 3.25. The van der Waals surface area contributed by atoms with Gasteiger partial charge in [0.05, 0.1) is 17.8 Å². The molecule has 1 atom stereocenters. The van der Waals surface area contributed by atoms with E-state index in [1.807, 2.05) is 6.92 Å². The average Bonchev–Trinajstić information content (AvgIpc) is 2.62. The maximum atomic E-state index is 12.3. The van der Waals surface area contributed by atoms with Gasteiger partial charge in [-0.1, -0.05) is 15.9 Å². The van der Waals surface area contributed by atoms with Crippen LogP contribution in [0.4, 0.5) is 5.69 Å². The van der Waals surface area contributed by atoms with E-state index < -0.39 is 15.6 Å². The number of nitrogen functional groups attached to an aromatic ring is 1. The highest BCUT2D eigenvalue weighted by Gasteiger charge is 2.35. The number of rotatable bonds is 3. The lowest BCUT2D eigenvalue weighted by Gasteiger charge is -2.23. The van der Waals surface area contributed by atoms with Gasteiger partial charge >= 0.3 is 0 Å². The standard InChI is InChI=1S/C11H15BrN2O3S/c1-11(4-5-17-7-11)14-18(15,16)10-3-2-8(12)6-9(10)13/h2-3,6,14H,4-5,7,13H2,1H3. The molecule has 1 saturated heterocycles. The Kier molecular flexibility index (Phi) is 3.68. The second-order valence-electron chi connectivity index (χ2n) is 4.65. The molecule has 5 nitrogen and oxygen atoms in total. The minimum absolute atomic E-state index is 0.0961. The zero-order valence-corrected chi connectivity index (χ0v) is 12.3. The summed E-state index contributed by atoms with van der Waals surface area (Å²) in [5.41, 5.74) is 5.41. The molecule has 100 valence electrons. The first-order valence-electron chi connectivity index (χ1n) is 5.49. The summed E-state index contributed by atoms with van der Waals surface area (Å²) in [6.45, 7) is 2.77. The highest BCUT2D eigenvalue weighted by atomic mass is 79.9. The molecular weight excluding hydrogens is 320 g/mol. The van der Waals surface area contributed by atoms with Crippen molar-refractivity contribution in [2.75, 3.05) is 18.9 Å². The lowest BCUT2D eigenvalue weighted by atomic mass is 10.0. The van der Waals surface area contributed by atoms with E-state index >= 15 is 0 Å². The molecule has 1 aliphatic rings. The van der Waals surface area contributed by atoms with Gasteiger partial charge in [0.2, 0.25) is 10.0 Å². The second-order valence-corrected chi connectivity index (χ2v) is 7.22. The second kappa shape index (κ2) is 4.80. The number of ether oxygens (including phenoxy) is 1. The molecule has 18 heavy (non-hydrogen) atoms. The molecule has 1 fully saturated rings. The predicted octanol–water partition coefficient (Wildman–Crippen LogP) is 1.49. The van der Waals surface area contributed by atoms with Gasteiger partial charge in [-0.2, -0.15) is 0 Å². The van der Waals surface area contributed by atoms with Crippen LogP contribution in [0.1, 0.15) is 13.3 Å². The van der Waals surface area contributed by atoms with Crippen LogP contribution >= 0.6 is 15.9 Å². The van der Waals surface area contributed by atoms with Crippen molar-refractivity contribution >= 4 is 31.6 Å². The van der Waals surface area contributed by atoms with Gasteiger partial charge in [0, 0.05) is 11.1 Å². The number of hydrogen-bond donors (Lipinski definition) is 2. The van der Waals surface area contributed by atoms with Crippen molar-refractivity contribution < 1.29 is 13.2 Å². The number of nitrogens with one attached hydrogen (secondary N) is 1. The minimum Gasteiger partial charge on any atom is -0.398 e. The summed E-state index contributed by atoms with van der Waals surface area (Å²) < 4.78 is 33.2. The van der Waals surface area contributed by atoms with Gasteiger partial charge in [0.15, 0.2) is 0 Å². The van der Waals surface area contributed by atoms with Crippen LogP contribution in [0.15, 0.2) is 27.6 Å². The van der Waals surface area contributed by atoms with Crippen molar-refractivity contribution in [3.63, 3.8) is 0 Å². The first-order chi connectivity index (χ1) is 8.32. The molecule has 3 N–H and O–H groups in total. The zero-order valence-electron chi connectivity index (χ0n) is 9.94. The molecule has 0 radical (unpaired) electrons. The normalized spacial score (nSPS) is 24.3. The number of halogens is 1. The number of anilines is 1. The molecule has 0 amide bonds. The monoisotopic (exact) mass is 334 g/mol. The SMILES string of the molecule is CC1(NS(=O)(=O)c2ccc(Br)cc2N)CCOC1. The summed E-state index contributed by atoms with van der Waals surface area (Å²) in [5, 5.41) is 0. The molecule has 0 aromatic heterocycles. The van der Waals surface area contributed by atoms with Crippen LogP contribution in [0.2, 0.25) is 0 Å². The first kappa shape index (κ1) is 13.8. The van der Waals surface area contributed by atoms with Gasteiger partial charge in [0.1, 0.15) is 4.90 Å². The lowest BCUT2D eigenvalue weighted by molar-refractivity contribution is 0.178. The molecule has 0 bridgehead atoms. The fourth-order valence-corrected chi connectivity index (χ4v) is 3.81. The Balaban J connectivity index is 2.30. The molecule has 7 heteroatoms. The lowest BCUT2D eigenvalue weighted by Crippen LogP contribution is -2.46. The van der Waals surface area contributed by atoms with E-state index in [2.05, 4.69) is 20.7 Å². The van der Waals surface area contributed by atoms with Gasteiger partial charge in [-0.05, 0) is 31.5 Å². The van der Waals surface area contributed by atoms with Crippen LogP contribution in [0.25, 0.3) is 0 Å². The van der Waals surface area contributed by atoms with Gasteiger partial charge in [-0.3, -0.25) is 0 Å². The molecule has 1 heterocycles. The van der Waals surface area contributed by atoms with Crippen molar-refractivity contribution in [3.05, 3.63) is 22.7 Å². The van der Waals surface area contributed by atoms with Crippen LogP contribution < -0.4 is 10.5 Å². The van der Waals surface area contributed by atoms with Crippen LogP contribution in [0.3, 0.4) is 0 Å². The van der Waals surface area contributed by atoms with E-state index in [1.165, 1.54) is 6.07 Å². The Labute approximate surface area is 115 Å². The van der Waals surface area contributed by atoms with Crippen molar-refractivity contribution in [3.8, 4) is 0 Å². The number of sulfonamides is 1. The molecular formula is C11H15BrN2O3S. The topological polar surface area (TPSA) is 81.4 Å². The fraction of sp³-hybridized carbons (Fsp3) is 0.455. The summed E-state index contributed by atoms with van der Waals surface area (Å²) in [4.78, 5) is 0.0961. The van der Waals surface area contributed by atoms with Crippen molar-refractivity contribution in [2.24, 2.45) is 0 Å². The molecule has 1 aromatic rings. The average molecular weight is 335 g/mol. The fourth-order valence-electron chi connectivity index (χ4n) is 1.89. The van der Waals surface area contributed by atoms with Crippen LogP contribution in [-0.2, 0) is 14.8 Å². The van der Waals surface area contributed by atoms with Crippen LogP contribution in [0, 0.1) is 0 Å². The quantitative estimate of drug-likeness (QED) is 0.820. The molecule has 1 unspecified atom stereocenters. The molecule has 0 saturated carbocycles. The zero-order chi connectivity index (χ0) is 13.4. The Morgan fingerprint density at radius 3 is 2.78 bits per heavy atom. The van der Waals surface area contributed by atoms with E-state index in [1.54, 1.807) is 12.1 Å². The third-order valence-corrected chi connectivity index (χ3v) is 5.07. The number of hydrogen-bond acceptors (Lipinski definition) is 4. The summed E-state index contributed by atoms with van der Waals surface area (Å²) in [7, 11) is -3.63. The molecule has 0 spiro atoms. The molecule has 0 aliphatic carbocycles. The molecule has 2 rings (SSSR count). The third-order valence-electron chi connectivity index (χ3n) is 2.86. The smallest absolute Gasteiger partial charge is 0.243 e. The summed E-state index contributed by atoms with van der Waals surface area (Å²) in [5.74, 6) is 0. The Hall–Kier alpha value is -0.630. The van der Waals surface area contributed by atoms with Gasteiger partial charge in [-0.25, -0.2) is 13.1 Å². The Bertz CT molecular complexity index is 553. The Morgan fingerprint density at radius 2 is 2.22 bits per heavy atom. The van der Waals surface area contributed by atoms with Crippen LogP contribution in [0.5, 0.6) is 0 Å². The number of nitrogens with two attached hydrogens (primary N) is 1. The van der Waals surface area contributed by atoms with Crippen molar-refractivity contribution in [1.29, 1.82) is 0 Å². The number of benzene rings is 1. The van der Waals surface area contributed by atoms with Gasteiger partial charge < -0.3 is 10.5 Å². The van der Waals surface area contributed by atoms with Gasteiger partial charge in [-0.15, -0.1) is 0 Å². The van der Waals surface area contributed by atoms with Gasteiger partial charge in [0.25, 0.3) is 0 Å². The molecule has 1 aliphatic heterocycles. The van der Waals surface area contributed by atoms with E-state index in [-0.39, 0.29) is 10.6 Å². The maximum absolute atomic E-state index is 12.3. The third kappa shape index (κ3) is 2.85. The molecule has 1 aromatic carbocycles. The maximum Gasteiger partial charge on any atom is 0.243 e. The van der Waals surface area contributed by atoms with E-state index in [4.69, 9.17) is 10.5 Å².